The summed E-state index contributed by atoms with van der Waals surface area (Å²) in [6.45, 7) is 1.29. The molecule has 5 atom stereocenters. The third kappa shape index (κ3) is 9.90. The van der Waals surface area contributed by atoms with Gasteiger partial charge in [0.25, 0.3) is 0 Å². The number of halogens is 3. The van der Waals surface area contributed by atoms with Crippen molar-refractivity contribution in [2.75, 3.05) is 19.8 Å². The molecule has 0 aromatic heterocycles. The zero-order valence-electron chi connectivity index (χ0n) is 21.4. The Morgan fingerprint density at radius 2 is 1.59 bits per heavy atom. The van der Waals surface area contributed by atoms with Crippen molar-refractivity contribution in [3.63, 3.8) is 0 Å². The van der Waals surface area contributed by atoms with E-state index in [0.717, 1.165) is 11.1 Å². The number of carbonyl (C=O) groups is 2. The maximum atomic E-state index is 12.4. The van der Waals surface area contributed by atoms with Crippen molar-refractivity contribution in [2.45, 2.75) is 63.4 Å². The van der Waals surface area contributed by atoms with Gasteiger partial charge in [0.15, 0.2) is 6.29 Å². The summed E-state index contributed by atoms with van der Waals surface area (Å²) in [5.41, 5.74) is 1.76. The molecule has 0 spiro atoms. The second-order valence-electron chi connectivity index (χ2n) is 9.00. The van der Waals surface area contributed by atoms with Crippen molar-refractivity contribution < 1.29 is 46.8 Å². The van der Waals surface area contributed by atoms with Gasteiger partial charge in [-0.1, -0.05) is 60.7 Å². The van der Waals surface area contributed by atoms with E-state index in [4.69, 9.17) is 18.9 Å². The van der Waals surface area contributed by atoms with Crippen LogP contribution in [0.3, 0.4) is 0 Å². The third-order valence-corrected chi connectivity index (χ3v) is 5.87. The molecule has 3 N–H and O–H groups in total. The highest BCUT2D eigenvalue weighted by Gasteiger charge is 2.47. The molecule has 0 unspecified atom stereocenters. The van der Waals surface area contributed by atoms with Crippen molar-refractivity contribution >= 4 is 11.8 Å². The van der Waals surface area contributed by atoms with Gasteiger partial charge in [0.1, 0.15) is 24.4 Å². The number of aliphatic hydroxyl groups excluding tert-OH is 1. The SMILES string of the molecule is CC(=O)N[C@H]1[C@H](OCCCNC(=O)C(F)(F)F)O[C@H](COCc2ccccc2)[C@@H](O)[C@@H]1OCc1ccccc1. The van der Waals surface area contributed by atoms with E-state index in [2.05, 4.69) is 5.32 Å². The molecule has 1 aliphatic rings. The lowest BCUT2D eigenvalue weighted by Crippen LogP contribution is -2.65. The average molecular weight is 555 g/mol. The maximum Gasteiger partial charge on any atom is 0.471 e. The molecule has 2 amide bonds. The number of benzene rings is 2. The van der Waals surface area contributed by atoms with E-state index in [1.54, 1.807) is 5.32 Å². The smallest absolute Gasteiger partial charge is 0.388 e. The normalized spacial score (nSPS) is 23.3. The van der Waals surface area contributed by atoms with Gasteiger partial charge in [-0.25, -0.2) is 0 Å². The first kappa shape index (κ1) is 30.5. The van der Waals surface area contributed by atoms with E-state index in [1.807, 2.05) is 60.7 Å². The quantitative estimate of drug-likeness (QED) is 0.326. The van der Waals surface area contributed by atoms with Crippen LogP contribution in [0.5, 0.6) is 0 Å². The predicted molar refractivity (Wildman–Crippen MR) is 133 cm³/mol. The van der Waals surface area contributed by atoms with E-state index in [0.29, 0.717) is 0 Å². The van der Waals surface area contributed by atoms with Crippen molar-refractivity contribution in [2.24, 2.45) is 0 Å². The van der Waals surface area contributed by atoms with Gasteiger partial charge in [0.2, 0.25) is 5.91 Å². The zero-order chi connectivity index (χ0) is 28.3. The summed E-state index contributed by atoms with van der Waals surface area (Å²) in [7, 11) is 0. The van der Waals surface area contributed by atoms with Gasteiger partial charge in [0.05, 0.1) is 26.4 Å². The van der Waals surface area contributed by atoms with E-state index in [1.165, 1.54) is 6.92 Å². The Labute approximate surface area is 224 Å². The number of hydrogen-bond acceptors (Lipinski definition) is 7. The van der Waals surface area contributed by atoms with Crippen LogP contribution in [0, 0.1) is 0 Å². The van der Waals surface area contributed by atoms with Crippen molar-refractivity contribution in [1.29, 1.82) is 0 Å². The van der Waals surface area contributed by atoms with Crippen molar-refractivity contribution in [1.82, 2.24) is 10.6 Å². The molecule has 2 aromatic carbocycles. The molecule has 1 aliphatic heterocycles. The zero-order valence-corrected chi connectivity index (χ0v) is 21.4. The van der Waals surface area contributed by atoms with Gasteiger partial charge in [-0.2, -0.15) is 13.2 Å². The Morgan fingerprint density at radius 1 is 0.974 bits per heavy atom. The van der Waals surface area contributed by atoms with Crippen molar-refractivity contribution in [3.8, 4) is 0 Å². The molecule has 2 aromatic rings. The lowest BCUT2D eigenvalue weighted by atomic mass is 9.96. The fourth-order valence-electron chi connectivity index (χ4n) is 3.99. The van der Waals surface area contributed by atoms with Crippen LogP contribution in [0.15, 0.2) is 60.7 Å². The first-order chi connectivity index (χ1) is 18.6. The van der Waals surface area contributed by atoms with E-state index >= 15 is 0 Å². The molecule has 0 bridgehead atoms. The molecular formula is C27H33F3N2O7. The highest BCUT2D eigenvalue weighted by molar-refractivity contribution is 5.81. The Kier molecular flexibility index (Phi) is 11.7. The van der Waals surface area contributed by atoms with Gasteiger partial charge in [-0.05, 0) is 17.5 Å². The molecule has 12 heteroatoms. The molecule has 0 radical (unpaired) electrons. The number of amides is 2. The summed E-state index contributed by atoms with van der Waals surface area (Å²) in [6, 6.07) is 17.7. The average Bonchev–Trinajstić information content (AvgIpc) is 2.90. The van der Waals surface area contributed by atoms with Crippen LogP contribution < -0.4 is 10.6 Å². The summed E-state index contributed by atoms with van der Waals surface area (Å²) < 4.78 is 60.7. The molecular weight excluding hydrogens is 521 g/mol. The largest absolute Gasteiger partial charge is 0.471 e. The second-order valence-corrected chi connectivity index (χ2v) is 9.00. The lowest BCUT2D eigenvalue weighted by molar-refractivity contribution is -0.281. The number of nitrogens with one attached hydrogen (secondary N) is 2. The summed E-state index contributed by atoms with van der Waals surface area (Å²) in [5.74, 6) is -2.46. The van der Waals surface area contributed by atoms with Gasteiger partial charge in [-0.15, -0.1) is 0 Å². The van der Waals surface area contributed by atoms with Crippen LogP contribution in [0.2, 0.25) is 0 Å². The minimum absolute atomic E-state index is 0.0183. The van der Waals surface area contributed by atoms with Crippen LogP contribution >= 0.6 is 0 Å². The number of alkyl halides is 3. The first-order valence-electron chi connectivity index (χ1n) is 12.5. The number of hydrogen-bond donors (Lipinski definition) is 3. The van der Waals surface area contributed by atoms with Gasteiger partial charge in [-0.3, -0.25) is 9.59 Å². The number of aliphatic hydroxyl groups is 1. The highest BCUT2D eigenvalue weighted by Crippen LogP contribution is 2.26. The molecule has 1 saturated heterocycles. The molecule has 1 fully saturated rings. The Hall–Kier alpha value is -3.03. The van der Waals surface area contributed by atoms with E-state index < -0.39 is 48.6 Å². The Balaban J connectivity index is 1.67. The fourth-order valence-corrected chi connectivity index (χ4v) is 3.99. The van der Waals surface area contributed by atoms with Crippen molar-refractivity contribution in [3.05, 3.63) is 71.8 Å². The summed E-state index contributed by atoms with van der Waals surface area (Å²) >= 11 is 0. The second kappa shape index (κ2) is 14.9. The van der Waals surface area contributed by atoms with Gasteiger partial charge < -0.3 is 34.7 Å². The molecule has 0 saturated carbocycles. The Bertz CT molecular complexity index is 1030. The van der Waals surface area contributed by atoms with Crippen LogP contribution in [0.4, 0.5) is 13.2 Å². The van der Waals surface area contributed by atoms with E-state index in [-0.39, 0.29) is 39.4 Å². The van der Waals surface area contributed by atoms with Crippen LogP contribution in [-0.2, 0) is 41.8 Å². The maximum absolute atomic E-state index is 12.4. The first-order valence-corrected chi connectivity index (χ1v) is 12.5. The molecule has 1 heterocycles. The molecule has 9 nitrogen and oxygen atoms in total. The Morgan fingerprint density at radius 3 is 2.18 bits per heavy atom. The predicted octanol–water partition coefficient (Wildman–Crippen LogP) is 2.46. The number of carbonyl (C=O) groups excluding carboxylic acids is 2. The van der Waals surface area contributed by atoms with Gasteiger partial charge >= 0.3 is 12.1 Å². The van der Waals surface area contributed by atoms with Crippen LogP contribution in [0.1, 0.15) is 24.5 Å². The lowest BCUT2D eigenvalue weighted by Gasteiger charge is -2.44. The minimum Gasteiger partial charge on any atom is -0.388 e. The third-order valence-electron chi connectivity index (χ3n) is 5.87. The molecule has 214 valence electrons. The van der Waals surface area contributed by atoms with Crippen LogP contribution in [0.25, 0.3) is 0 Å². The van der Waals surface area contributed by atoms with Gasteiger partial charge in [0, 0.05) is 13.5 Å². The monoisotopic (exact) mass is 554 g/mol. The fraction of sp³-hybridized carbons (Fsp3) is 0.481. The number of rotatable bonds is 13. The van der Waals surface area contributed by atoms with E-state index in [9.17, 15) is 27.9 Å². The standard InChI is InChI=1S/C27H33F3N2O7/c1-18(33)32-22-24(38-16-20-11-6-3-7-12-20)23(34)21(17-36-15-19-9-4-2-5-10-19)39-25(22)37-14-8-13-31-26(35)27(28,29)30/h2-7,9-12,21-25,34H,8,13-17H2,1H3,(H,31,35)(H,32,33)/t21-,22-,23-,24-,25-/m1/s1. The molecule has 39 heavy (non-hydrogen) atoms. The van der Waals surface area contributed by atoms with Crippen LogP contribution in [-0.4, -0.2) is 73.5 Å². The minimum atomic E-state index is -4.98. The summed E-state index contributed by atoms with van der Waals surface area (Å²) in [5, 5.41) is 15.6. The number of ether oxygens (including phenoxy) is 4. The topological polar surface area (TPSA) is 115 Å². The summed E-state index contributed by atoms with van der Waals surface area (Å²) in [6.07, 6.45) is -9.09. The highest BCUT2D eigenvalue weighted by atomic mass is 19.4. The molecule has 0 aliphatic carbocycles. The summed E-state index contributed by atoms with van der Waals surface area (Å²) in [4.78, 5) is 23.0. The molecule has 3 rings (SSSR count).